The van der Waals surface area contributed by atoms with Crippen molar-refractivity contribution in [1.29, 1.82) is 0 Å². The molecule has 0 radical (unpaired) electrons. The second-order valence-corrected chi connectivity index (χ2v) is 5.47. The summed E-state index contributed by atoms with van der Waals surface area (Å²) in [5.74, 6) is 0.671. The number of hydrogen-bond acceptors (Lipinski definition) is 4. The number of hydrogen-bond donors (Lipinski definition) is 1. The summed E-state index contributed by atoms with van der Waals surface area (Å²) in [5.41, 5.74) is 1.79. The SMILES string of the molecule is O=C(Cc1cncs1)C1CC2CCC1N2. The number of fused-ring (bicyclic) bond motifs is 2. The van der Waals surface area contributed by atoms with E-state index in [-0.39, 0.29) is 5.92 Å². The molecule has 2 aliphatic heterocycles. The Bertz CT molecular complexity index is 363. The number of thiazole rings is 1. The highest BCUT2D eigenvalue weighted by Crippen LogP contribution is 2.34. The smallest absolute Gasteiger partial charge is 0.142 e. The van der Waals surface area contributed by atoms with Crippen LogP contribution in [0.25, 0.3) is 0 Å². The molecule has 1 aromatic rings. The predicted octanol–water partition coefficient (Wildman–Crippen LogP) is 1.40. The van der Waals surface area contributed by atoms with Crippen LogP contribution in [0.2, 0.25) is 0 Å². The molecule has 4 heteroatoms. The molecule has 1 aromatic heterocycles. The highest BCUT2D eigenvalue weighted by molar-refractivity contribution is 7.09. The van der Waals surface area contributed by atoms with Gasteiger partial charge in [-0.15, -0.1) is 11.3 Å². The fraction of sp³-hybridized carbons (Fsp3) is 0.636. The van der Waals surface area contributed by atoms with Crippen molar-refractivity contribution in [3.63, 3.8) is 0 Å². The molecule has 3 unspecified atom stereocenters. The van der Waals surface area contributed by atoms with Crippen LogP contribution in [0, 0.1) is 5.92 Å². The third-order valence-electron chi connectivity index (χ3n) is 3.55. The Kier molecular flexibility index (Phi) is 2.33. The molecule has 1 N–H and O–H groups in total. The van der Waals surface area contributed by atoms with E-state index in [4.69, 9.17) is 0 Å². The Morgan fingerprint density at radius 1 is 1.60 bits per heavy atom. The number of ketones is 1. The second kappa shape index (κ2) is 3.68. The molecule has 2 saturated heterocycles. The zero-order valence-corrected chi connectivity index (χ0v) is 9.30. The Labute approximate surface area is 92.9 Å². The van der Waals surface area contributed by atoms with E-state index in [1.807, 2.05) is 6.20 Å². The van der Waals surface area contributed by atoms with E-state index in [1.165, 1.54) is 12.8 Å². The number of nitrogens with zero attached hydrogens (tertiary/aromatic N) is 1. The normalized spacial score (nSPS) is 33.5. The van der Waals surface area contributed by atoms with Gasteiger partial charge in [0.2, 0.25) is 0 Å². The lowest BCUT2D eigenvalue weighted by Gasteiger charge is -2.18. The monoisotopic (exact) mass is 222 g/mol. The van der Waals surface area contributed by atoms with Gasteiger partial charge in [0.25, 0.3) is 0 Å². The molecule has 0 amide bonds. The van der Waals surface area contributed by atoms with Gasteiger partial charge in [0.1, 0.15) is 5.78 Å². The van der Waals surface area contributed by atoms with Crippen LogP contribution < -0.4 is 5.32 Å². The number of Topliss-reactive ketones (excluding diaryl/α,β-unsaturated/α-hetero) is 1. The predicted molar refractivity (Wildman–Crippen MR) is 58.9 cm³/mol. The molecule has 0 aromatic carbocycles. The molecule has 2 aliphatic rings. The Morgan fingerprint density at radius 3 is 3.13 bits per heavy atom. The first-order valence-electron chi connectivity index (χ1n) is 5.49. The third-order valence-corrected chi connectivity index (χ3v) is 4.33. The summed E-state index contributed by atoms with van der Waals surface area (Å²) < 4.78 is 0. The molecule has 80 valence electrons. The molecule has 3 heterocycles. The zero-order valence-electron chi connectivity index (χ0n) is 8.48. The molecular formula is C11H14N2OS. The van der Waals surface area contributed by atoms with Crippen LogP contribution in [0.3, 0.4) is 0 Å². The molecule has 0 saturated carbocycles. The number of nitrogens with one attached hydrogen (secondary N) is 1. The largest absolute Gasteiger partial charge is 0.310 e. The van der Waals surface area contributed by atoms with Gasteiger partial charge in [-0.25, -0.2) is 0 Å². The molecule has 15 heavy (non-hydrogen) atoms. The van der Waals surface area contributed by atoms with Crippen molar-refractivity contribution in [3.05, 3.63) is 16.6 Å². The average Bonchev–Trinajstić information content (AvgIpc) is 2.93. The lowest BCUT2D eigenvalue weighted by atomic mass is 9.85. The molecule has 3 atom stereocenters. The summed E-state index contributed by atoms with van der Waals surface area (Å²) in [5, 5.41) is 3.51. The van der Waals surface area contributed by atoms with E-state index in [2.05, 4.69) is 10.3 Å². The van der Waals surface area contributed by atoms with E-state index in [0.29, 0.717) is 24.3 Å². The summed E-state index contributed by atoms with van der Waals surface area (Å²) in [6.07, 6.45) is 5.89. The van der Waals surface area contributed by atoms with Gasteiger partial charge in [0, 0.05) is 35.5 Å². The number of aromatic nitrogens is 1. The lowest BCUT2D eigenvalue weighted by molar-refractivity contribution is -0.122. The summed E-state index contributed by atoms with van der Waals surface area (Å²) >= 11 is 1.58. The maximum Gasteiger partial charge on any atom is 0.142 e. The van der Waals surface area contributed by atoms with Crippen molar-refractivity contribution in [2.45, 2.75) is 37.8 Å². The number of carbonyl (C=O) groups excluding carboxylic acids is 1. The quantitative estimate of drug-likeness (QED) is 0.840. The molecular weight excluding hydrogens is 208 g/mol. The first kappa shape index (κ1) is 9.48. The van der Waals surface area contributed by atoms with Crippen LogP contribution in [0.15, 0.2) is 11.7 Å². The topological polar surface area (TPSA) is 42.0 Å². The molecule has 3 rings (SSSR count). The van der Waals surface area contributed by atoms with Crippen molar-refractivity contribution in [2.75, 3.05) is 0 Å². The summed E-state index contributed by atoms with van der Waals surface area (Å²) in [7, 11) is 0. The van der Waals surface area contributed by atoms with Crippen LogP contribution in [-0.2, 0) is 11.2 Å². The maximum absolute atomic E-state index is 12.0. The van der Waals surface area contributed by atoms with E-state index >= 15 is 0 Å². The Balaban J connectivity index is 1.66. The van der Waals surface area contributed by atoms with Crippen molar-refractivity contribution in [3.8, 4) is 0 Å². The molecule has 2 bridgehead atoms. The molecule has 3 nitrogen and oxygen atoms in total. The van der Waals surface area contributed by atoms with Crippen LogP contribution in [0.1, 0.15) is 24.1 Å². The standard InChI is InChI=1S/C11H14N2OS/c14-11(4-8-5-12-6-15-8)9-3-7-1-2-10(9)13-7/h5-7,9-10,13H,1-4H2. The summed E-state index contributed by atoms with van der Waals surface area (Å²) in [4.78, 5) is 17.1. The van der Waals surface area contributed by atoms with Crippen molar-refractivity contribution < 1.29 is 4.79 Å². The molecule has 0 spiro atoms. The van der Waals surface area contributed by atoms with Gasteiger partial charge in [-0.3, -0.25) is 9.78 Å². The van der Waals surface area contributed by atoms with Crippen LogP contribution in [-0.4, -0.2) is 22.9 Å². The summed E-state index contributed by atoms with van der Waals surface area (Å²) in [6, 6.07) is 1.08. The number of carbonyl (C=O) groups is 1. The highest BCUT2D eigenvalue weighted by Gasteiger charge is 2.42. The molecule has 2 fully saturated rings. The molecule has 0 aliphatic carbocycles. The van der Waals surface area contributed by atoms with Crippen LogP contribution in [0.4, 0.5) is 0 Å². The van der Waals surface area contributed by atoms with Gasteiger partial charge in [-0.2, -0.15) is 0 Å². The van der Waals surface area contributed by atoms with Crippen molar-refractivity contribution in [1.82, 2.24) is 10.3 Å². The fourth-order valence-corrected chi connectivity index (χ4v) is 3.42. The second-order valence-electron chi connectivity index (χ2n) is 4.50. The van der Waals surface area contributed by atoms with E-state index in [9.17, 15) is 4.79 Å². The van der Waals surface area contributed by atoms with Crippen molar-refractivity contribution >= 4 is 17.1 Å². The van der Waals surface area contributed by atoms with Gasteiger partial charge in [-0.05, 0) is 19.3 Å². The third kappa shape index (κ3) is 1.72. The van der Waals surface area contributed by atoms with Crippen molar-refractivity contribution in [2.24, 2.45) is 5.92 Å². The van der Waals surface area contributed by atoms with Gasteiger partial charge < -0.3 is 5.32 Å². The minimum Gasteiger partial charge on any atom is -0.310 e. The Morgan fingerprint density at radius 2 is 2.53 bits per heavy atom. The first-order chi connectivity index (χ1) is 7.33. The van der Waals surface area contributed by atoms with Crippen LogP contribution in [0.5, 0.6) is 0 Å². The van der Waals surface area contributed by atoms with E-state index < -0.39 is 0 Å². The van der Waals surface area contributed by atoms with Gasteiger partial charge in [0.15, 0.2) is 0 Å². The van der Waals surface area contributed by atoms with Gasteiger partial charge >= 0.3 is 0 Å². The first-order valence-corrected chi connectivity index (χ1v) is 6.37. The summed E-state index contributed by atoms with van der Waals surface area (Å²) in [6.45, 7) is 0. The lowest BCUT2D eigenvalue weighted by Crippen LogP contribution is -2.29. The zero-order chi connectivity index (χ0) is 10.3. The number of rotatable bonds is 3. The van der Waals surface area contributed by atoms with Crippen LogP contribution >= 0.6 is 11.3 Å². The minimum absolute atomic E-state index is 0.269. The minimum atomic E-state index is 0.269. The van der Waals surface area contributed by atoms with E-state index in [1.54, 1.807) is 16.8 Å². The maximum atomic E-state index is 12.0. The fourth-order valence-electron chi connectivity index (χ4n) is 2.81. The van der Waals surface area contributed by atoms with Gasteiger partial charge in [0.05, 0.1) is 5.51 Å². The van der Waals surface area contributed by atoms with E-state index in [0.717, 1.165) is 11.3 Å². The van der Waals surface area contributed by atoms with Gasteiger partial charge in [-0.1, -0.05) is 0 Å². The average molecular weight is 222 g/mol. The highest BCUT2D eigenvalue weighted by atomic mass is 32.1. The Hall–Kier alpha value is -0.740.